The molecule has 0 aliphatic carbocycles. The predicted octanol–water partition coefficient (Wildman–Crippen LogP) is 1.84. The maximum absolute atomic E-state index is 12.5. The molecule has 0 spiro atoms. The average molecular weight is 281 g/mol. The molecule has 20 heavy (non-hydrogen) atoms. The fourth-order valence-corrected chi connectivity index (χ4v) is 3.67. The predicted molar refractivity (Wildman–Crippen MR) is 82.5 cm³/mol. The average Bonchev–Trinajstić information content (AvgIpc) is 2.47. The summed E-state index contributed by atoms with van der Waals surface area (Å²) in [5, 5.41) is 0. The number of piperidine rings is 2. The molecule has 2 rings (SSSR count). The van der Waals surface area contributed by atoms with E-state index in [0.29, 0.717) is 30.5 Å². The first kappa shape index (κ1) is 15.8. The molecule has 0 aromatic heterocycles. The molecule has 4 heteroatoms. The van der Waals surface area contributed by atoms with E-state index in [1.54, 1.807) is 0 Å². The van der Waals surface area contributed by atoms with Crippen molar-refractivity contribution in [3.8, 4) is 0 Å². The minimum absolute atomic E-state index is 0.291. The van der Waals surface area contributed by atoms with E-state index in [0.717, 1.165) is 38.9 Å². The molecule has 2 aliphatic rings. The third-order valence-corrected chi connectivity index (χ3v) is 5.15. The summed E-state index contributed by atoms with van der Waals surface area (Å²) in [5.41, 5.74) is 5.97. The monoisotopic (exact) mass is 281 g/mol. The summed E-state index contributed by atoms with van der Waals surface area (Å²) in [4.78, 5) is 17.0. The van der Waals surface area contributed by atoms with Crippen LogP contribution in [-0.2, 0) is 4.79 Å². The fraction of sp³-hybridized carbons (Fsp3) is 0.938. The molecule has 2 fully saturated rings. The second-order valence-corrected chi connectivity index (χ2v) is 6.62. The summed E-state index contributed by atoms with van der Waals surface area (Å²) >= 11 is 0. The van der Waals surface area contributed by atoms with Crippen LogP contribution in [0.2, 0.25) is 0 Å². The highest BCUT2D eigenvalue weighted by molar-refractivity contribution is 5.78. The summed E-state index contributed by atoms with van der Waals surface area (Å²) in [6.45, 7) is 7.94. The number of rotatable bonds is 4. The Bertz CT molecular complexity index is 311. The molecule has 2 saturated heterocycles. The lowest BCUT2D eigenvalue weighted by molar-refractivity contribution is -0.136. The molecule has 2 unspecified atom stereocenters. The van der Waals surface area contributed by atoms with Gasteiger partial charge >= 0.3 is 0 Å². The Labute approximate surface area is 123 Å². The van der Waals surface area contributed by atoms with Crippen molar-refractivity contribution in [3.05, 3.63) is 0 Å². The Morgan fingerprint density at radius 2 is 1.90 bits per heavy atom. The van der Waals surface area contributed by atoms with Crippen LogP contribution in [0.25, 0.3) is 0 Å². The zero-order valence-corrected chi connectivity index (χ0v) is 13.2. The molecule has 4 nitrogen and oxygen atoms in total. The van der Waals surface area contributed by atoms with Crippen LogP contribution >= 0.6 is 0 Å². The van der Waals surface area contributed by atoms with Gasteiger partial charge in [-0.2, -0.15) is 0 Å². The maximum Gasteiger partial charge on any atom is 0.236 e. The van der Waals surface area contributed by atoms with Crippen LogP contribution in [0.5, 0.6) is 0 Å². The van der Waals surface area contributed by atoms with Crippen molar-refractivity contribution in [2.75, 3.05) is 26.2 Å². The van der Waals surface area contributed by atoms with Gasteiger partial charge in [0.25, 0.3) is 0 Å². The van der Waals surface area contributed by atoms with Crippen LogP contribution < -0.4 is 5.73 Å². The Hall–Kier alpha value is -0.610. The van der Waals surface area contributed by atoms with Crippen LogP contribution in [0.4, 0.5) is 0 Å². The van der Waals surface area contributed by atoms with Crippen molar-refractivity contribution in [1.82, 2.24) is 9.80 Å². The van der Waals surface area contributed by atoms with Gasteiger partial charge < -0.3 is 10.6 Å². The third kappa shape index (κ3) is 3.95. The molecule has 0 radical (unpaired) electrons. The van der Waals surface area contributed by atoms with Crippen molar-refractivity contribution in [2.45, 2.75) is 64.5 Å². The van der Waals surface area contributed by atoms with Gasteiger partial charge in [0.05, 0.1) is 6.54 Å². The first-order valence-electron chi connectivity index (χ1n) is 8.39. The van der Waals surface area contributed by atoms with E-state index in [1.165, 1.54) is 19.3 Å². The van der Waals surface area contributed by atoms with Crippen LogP contribution in [0, 0.1) is 5.92 Å². The Morgan fingerprint density at radius 3 is 2.50 bits per heavy atom. The van der Waals surface area contributed by atoms with E-state index >= 15 is 0 Å². The van der Waals surface area contributed by atoms with Gasteiger partial charge in [0.2, 0.25) is 5.91 Å². The van der Waals surface area contributed by atoms with E-state index in [1.807, 2.05) is 0 Å². The number of hydrogen-bond acceptors (Lipinski definition) is 3. The zero-order valence-electron chi connectivity index (χ0n) is 13.2. The van der Waals surface area contributed by atoms with Gasteiger partial charge in [-0.1, -0.05) is 6.92 Å². The Kier molecular flexibility index (Phi) is 5.85. The molecule has 0 aromatic rings. The van der Waals surface area contributed by atoms with E-state index in [9.17, 15) is 4.79 Å². The summed E-state index contributed by atoms with van der Waals surface area (Å²) in [6, 6.07) is 0.775. The van der Waals surface area contributed by atoms with Crippen LogP contribution in [0.3, 0.4) is 0 Å². The number of likely N-dealkylation sites (tertiary alicyclic amines) is 2. The standard InChI is InChI=1S/C16H31N3O/c1-3-15-6-4-5-9-19(15)16(20)12-18-10-7-14(8-11-18)13(2)17/h13-15H,3-12,17H2,1-2H3. The van der Waals surface area contributed by atoms with E-state index < -0.39 is 0 Å². The molecular weight excluding hydrogens is 250 g/mol. The number of hydrogen-bond donors (Lipinski definition) is 1. The highest BCUT2D eigenvalue weighted by atomic mass is 16.2. The molecular formula is C16H31N3O. The molecule has 2 heterocycles. The van der Waals surface area contributed by atoms with Gasteiger partial charge in [0.1, 0.15) is 0 Å². The zero-order chi connectivity index (χ0) is 14.5. The Morgan fingerprint density at radius 1 is 1.20 bits per heavy atom. The molecule has 1 amide bonds. The molecule has 0 bridgehead atoms. The van der Waals surface area contributed by atoms with Crippen molar-refractivity contribution < 1.29 is 4.79 Å². The highest BCUT2D eigenvalue weighted by Crippen LogP contribution is 2.22. The molecule has 2 atom stereocenters. The second kappa shape index (κ2) is 7.41. The smallest absolute Gasteiger partial charge is 0.236 e. The fourth-order valence-electron chi connectivity index (χ4n) is 3.67. The topological polar surface area (TPSA) is 49.6 Å². The highest BCUT2D eigenvalue weighted by Gasteiger charge is 2.28. The minimum atomic E-state index is 0.291. The summed E-state index contributed by atoms with van der Waals surface area (Å²) < 4.78 is 0. The molecule has 2 aliphatic heterocycles. The van der Waals surface area contributed by atoms with Crippen molar-refractivity contribution >= 4 is 5.91 Å². The summed E-state index contributed by atoms with van der Waals surface area (Å²) in [6.07, 6.45) is 7.02. The van der Waals surface area contributed by atoms with Crippen LogP contribution in [0.1, 0.15) is 52.4 Å². The number of carbonyl (C=O) groups excluding carboxylic acids is 1. The van der Waals surface area contributed by atoms with Gasteiger partial charge in [-0.25, -0.2) is 0 Å². The lowest BCUT2D eigenvalue weighted by atomic mass is 9.91. The van der Waals surface area contributed by atoms with E-state index in [-0.39, 0.29) is 0 Å². The Balaban J connectivity index is 1.80. The molecule has 2 N–H and O–H groups in total. The SMILES string of the molecule is CCC1CCCCN1C(=O)CN1CCC(C(C)N)CC1. The molecule has 0 saturated carbocycles. The lowest BCUT2D eigenvalue weighted by Gasteiger charge is -2.38. The van der Waals surface area contributed by atoms with E-state index in [2.05, 4.69) is 23.6 Å². The van der Waals surface area contributed by atoms with Crippen molar-refractivity contribution in [2.24, 2.45) is 11.7 Å². The van der Waals surface area contributed by atoms with Gasteiger partial charge in [0.15, 0.2) is 0 Å². The quantitative estimate of drug-likeness (QED) is 0.855. The van der Waals surface area contributed by atoms with Gasteiger partial charge in [-0.3, -0.25) is 9.69 Å². The normalized spacial score (nSPS) is 27.6. The first-order valence-corrected chi connectivity index (χ1v) is 8.39. The number of carbonyl (C=O) groups is 1. The van der Waals surface area contributed by atoms with E-state index in [4.69, 9.17) is 5.73 Å². The maximum atomic E-state index is 12.5. The van der Waals surface area contributed by atoms with Gasteiger partial charge in [-0.15, -0.1) is 0 Å². The largest absolute Gasteiger partial charge is 0.339 e. The number of amides is 1. The van der Waals surface area contributed by atoms with Gasteiger partial charge in [0, 0.05) is 18.6 Å². The number of nitrogens with zero attached hydrogens (tertiary/aromatic N) is 2. The van der Waals surface area contributed by atoms with Crippen LogP contribution in [0.15, 0.2) is 0 Å². The second-order valence-electron chi connectivity index (χ2n) is 6.62. The summed E-state index contributed by atoms with van der Waals surface area (Å²) in [5.74, 6) is 0.982. The first-order chi connectivity index (χ1) is 9.61. The van der Waals surface area contributed by atoms with Crippen LogP contribution in [-0.4, -0.2) is 54.0 Å². The minimum Gasteiger partial charge on any atom is -0.339 e. The summed E-state index contributed by atoms with van der Waals surface area (Å²) in [7, 11) is 0. The van der Waals surface area contributed by atoms with Crippen molar-refractivity contribution in [1.29, 1.82) is 0 Å². The molecule has 0 aromatic carbocycles. The number of nitrogens with two attached hydrogens (primary N) is 1. The third-order valence-electron chi connectivity index (χ3n) is 5.15. The lowest BCUT2D eigenvalue weighted by Crippen LogP contribution is -2.49. The molecule has 116 valence electrons. The van der Waals surface area contributed by atoms with Crippen molar-refractivity contribution in [3.63, 3.8) is 0 Å². The van der Waals surface area contributed by atoms with Gasteiger partial charge in [-0.05, 0) is 64.5 Å².